The van der Waals surface area contributed by atoms with E-state index in [4.69, 9.17) is 16.0 Å². The lowest BCUT2D eigenvalue weighted by Crippen LogP contribution is -2.31. The highest BCUT2D eigenvalue weighted by Crippen LogP contribution is 2.25. The van der Waals surface area contributed by atoms with Crippen LogP contribution in [0.25, 0.3) is 21.9 Å². The molecule has 0 saturated heterocycles. The lowest BCUT2D eigenvalue weighted by molar-refractivity contribution is 0.238. The van der Waals surface area contributed by atoms with Gasteiger partial charge in [-0.2, -0.15) is 0 Å². The summed E-state index contributed by atoms with van der Waals surface area (Å²) in [5.41, 5.74) is 1.83. The third-order valence-corrected chi connectivity index (χ3v) is 4.32. The molecule has 23 heavy (non-hydrogen) atoms. The van der Waals surface area contributed by atoms with Gasteiger partial charge in [-0.1, -0.05) is 30.7 Å². The van der Waals surface area contributed by atoms with Crippen molar-refractivity contribution in [2.75, 3.05) is 6.61 Å². The first-order valence-electron chi connectivity index (χ1n) is 7.62. The zero-order valence-electron chi connectivity index (χ0n) is 12.8. The highest BCUT2D eigenvalue weighted by atomic mass is 35.5. The molecule has 0 aliphatic rings. The molecule has 0 fully saturated rings. The second kappa shape index (κ2) is 6.71. The van der Waals surface area contributed by atoms with Crippen molar-refractivity contribution in [2.45, 2.75) is 25.9 Å². The first kappa shape index (κ1) is 16.0. The number of hydrogen-bond acceptors (Lipinski definition) is 4. The van der Waals surface area contributed by atoms with Crippen LogP contribution in [0.2, 0.25) is 5.02 Å². The average molecular weight is 332 g/mol. The quantitative estimate of drug-likeness (QED) is 0.703. The summed E-state index contributed by atoms with van der Waals surface area (Å²) in [6.45, 7) is 2.69. The van der Waals surface area contributed by atoms with Crippen LogP contribution in [0, 0.1) is 0 Å². The third kappa shape index (κ3) is 3.11. The number of fused-ring (bicyclic) bond motifs is 2. The summed E-state index contributed by atoms with van der Waals surface area (Å²) in [4.78, 5) is 12.7. The molecule has 0 radical (unpaired) electrons. The van der Waals surface area contributed by atoms with Crippen LogP contribution in [0.4, 0.5) is 0 Å². The SMILES string of the molecule is CCC(CO)NCc1ccc2oc3c(Cl)cccc3c(=O)c2c1. The van der Waals surface area contributed by atoms with Crippen LogP contribution in [0.15, 0.2) is 45.6 Å². The number of para-hydroxylation sites is 1. The second-order valence-corrected chi connectivity index (χ2v) is 5.95. The molecule has 0 aliphatic heterocycles. The molecule has 0 spiro atoms. The van der Waals surface area contributed by atoms with Crippen molar-refractivity contribution in [3.05, 3.63) is 57.2 Å². The Bertz CT molecular complexity index is 900. The summed E-state index contributed by atoms with van der Waals surface area (Å²) in [6.07, 6.45) is 0.843. The molecule has 0 aliphatic carbocycles. The van der Waals surface area contributed by atoms with E-state index in [1.807, 2.05) is 19.1 Å². The van der Waals surface area contributed by atoms with E-state index in [2.05, 4.69) is 5.32 Å². The fourth-order valence-electron chi connectivity index (χ4n) is 2.60. The fourth-order valence-corrected chi connectivity index (χ4v) is 2.81. The van der Waals surface area contributed by atoms with Crippen molar-refractivity contribution in [3.8, 4) is 0 Å². The van der Waals surface area contributed by atoms with E-state index in [0.717, 1.165) is 12.0 Å². The fraction of sp³-hybridized carbons (Fsp3) is 0.278. The van der Waals surface area contributed by atoms with E-state index in [1.165, 1.54) is 0 Å². The Kier molecular flexibility index (Phi) is 4.66. The molecular formula is C18H18ClNO3. The first-order chi connectivity index (χ1) is 11.1. The summed E-state index contributed by atoms with van der Waals surface area (Å²) < 4.78 is 5.79. The standard InChI is InChI=1S/C18H18ClNO3/c1-2-12(10-21)20-9-11-6-7-16-14(8-11)17(22)13-4-3-5-15(19)18(13)23-16/h3-8,12,20-21H,2,9-10H2,1H3. The van der Waals surface area contributed by atoms with Crippen LogP contribution < -0.4 is 10.7 Å². The molecule has 0 bridgehead atoms. The summed E-state index contributed by atoms with van der Waals surface area (Å²) in [6, 6.07) is 10.7. The molecule has 1 atom stereocenters. The van der Waals surface area contributed by atoms with Crippen molar-refractivity contribution in [3.63, 3.8) is 0 Å². The average Bonchev–Trinajstić information content (AvgIpc) is 2.57. The minimum Gasteiger partial charge on any atom is -0.454 e. The summed E-state index contributed by atoms with van der Waals surface area (Å²) >= 11 is 6.11. The molecule has 1 aromatic heterocycles. The second-order valence-electron chi connectivity index (χ2n) is 5.55. The highest BCUT2D eigenvalue weighted by molar-refractivity contribution is 6.34. The molecule has 2 N–H and O–H groups in total. The molecule has 2 aromatic carbocycles. The predicted molar refractivity (Wildman–Crippen MR) is 93.0 cm³/mol. The number of hydrogen-bond donors (Lipinski definition) is 2. The number of benzene rings is 2. The lowest BCUT2D eigenvalue weighted by Gasteiger charge is -2.14. The first-order valence-corrected chi connectivity index (χ1v) is 8.00. The van der Waals surface area contributed by atoms with Gasteiger partial charge < -0.3 is 14.8 Å². The van der Waals surface area contributed by atoms with E-state index in [0.29, 0.717) is 33.5 Å². The molecule has 3 aromatic rings. The van der Waals surface area contributed by atoms with Gasteiger partial charge in [0.25, 0.3) is 0 Å². The van der Waals surface area contributed by atoms with Gasteiger partial charge in [0.15, 0.2) is 5.58 Å². The maximum atomic E-state index is 12.7. The predicted octanol–water partition coefficient (Wildman–Crippen LogP) is 3.46. The number of halogens is 1. The zero-order chi connectivity index (χ0) is 16.4. The monoisotopic (exact) mass is 331 g/mol. The molecule has 0 amide bonds. The van der Waals surface area contributed by atoms with E-state index in [1.54, 1.807) is 24.3 Å². The minimum absolute atomic E-state index is 0.0533. The Morgan fingerprint density at radius 3 is 2.83 bits per heavy atom. The number of nitrogens with one attached hydrogen (secondary N) is 1. The molecule has 120 valence electrons. The van der Waals surface area contributed by atoms with Crippen molar-refractivity contribution < 1.29 is 9.52 Å². The Morgan fingerprint density at radius 1 is 1.26 bits per heavy atom. The van der Waals surface area contributed by atoms with Crippen LogP contribution >= 0.6 is 11.6 Å². The summed E-state index contributed by atoms with van der Waals surface area (Å²) in [7, 11) is 0. The van der Waals surface area contributed by atoms with Gasteiger partial charge in [-0.05, 0) is 36.2 Å². The van der Waals surface area contributed by atoms with Gasteiger partial charge in [-0.25, -0.2) is 0 Å². The van der Waals surface area contributed by atoms with Crippen LogP contribution in [0.5, 0.6) is 0 Å². The molecule has 0 saturated carbocycles. The molecule has 5 heteroatoms. The normalized spacial score (nSPS) is 12.8. The van der Waals surface area contributed by atoms with Crippen molar-refractivity contribution >= 4 is 33.5 Å². The summed E-state index contributed by atoms with van der Waals surface area (Å²) in [5, 5.41) is 13.9. The Hall–Kier alpha value is -1.88. The minimum atomic E-state index is -0.0835. The van der Waals surface area contributed by atoms with E-state index >= 15 is 0 Å². The van der Waals surface area contributed by atoms with Gasteiger partial charge in [0.05, 0.1) is 22.4 Å². The molecule has 3 rings (SSSR count). The van der Waals surface area contributed by atoms with E-state index in [-0.39, 0.29) is 18.1 Å². The van der Waals surface area contributed by atoms with Gasteiger partial charge in [0.2, 0.25) is 5.43 Å². The Balaban J connectivity index is 2.04. The van der Waals surface area contributed by atoms with E-state index < -0.39 is 0 Å². The van der Waals surface area contributed by atoms with Gasteiger partial charge in [-0.15, -0.1) is 0 Å². The van der Waals surface area contributed by atoms with Crippen LogP contribution in [-0.2, 0) is 6.54 Å². The van der Waals surface area contributed by atoms with Crippen molar-refractivity contribution in [1.82, 2.24) is 5.32 Å². The van der Waals surface area contributed by atoms with Gasteiger partial charge in [-0.3, -0.25) is 4.79 Å². The lowest BCUT2D eigenvalue weighted by atomic mass is 10.1. The van der Waals surface area contributed by atoms with Crippen molar-refractivity contribution in [1.29, 1.82) is 0 Å². The maximum absolute atomic E-state index is 12.7. The molecular weight excluding hydrogens is 314 g/mol. The number of aliphatic hydroxyl groups excluding tert-OH is 1. The van der Waals surface area contributed by atoms with Gasteiger partial charge >= 0.3 is 0 Å². The Labute approximate surface area is 138 Å². The van der Waals surface area contributed by atoms with Crippen LogP contribution in [-0.4, -0.2) is 17.8 Å². The summed E-state index contributed by atoms with van der Waals surface area (Å²) in [5.74, 6) is 0. The number of aliphatic hydroxyl groups is 1. The third-order valence-electron chi connectivity index (χ3n) is 4.02. The smallest absolute Gasteiger partial charge is 0.200 e. The Morgan fingerprint density at radius 2 is 2.09 bits per heavy atom. The highest BCUT2D eigenvalue weighted by Gasteiger charge is 2.11. The molecule has 4 nitrogen and oxygen atoms in total. The largest absolute Gasteiger partial charge is 0.454 e. The molecule has 1 heterocycles. The van der Waals surface area contributed by atoms with Crippen LogP contribution in [0.1, 0.15) is 18.9 Å². The topological polar surface area (TPSA) is 62.5 Å². The van der Waals surface area contributed by atoms with Crippen LogP contribution in [0.3, 0.4) is 0 Å². The van der Waals surface area contributed by atoms with Gasteiger partial charge in [0, 0.05) is 12.6 Å². The number of rotatable bonds is 5. The molecule has 1 unspecified atom stereocenters. The van der Waals surface area contributed by atoms with Gasteiger partial charge in [0.1, 0.15) is 5.58 Å². The zero-order valence-corrected chi connectivity index (χ0v) is 13.6. The maximum Gasteiger partial charge on any atom is 0.200 e. The van der Waals surface area contributed by atoms with Crippen molar-refractivity contribution in [2.24, 2.45) is 0 Å². The van der Waals surface area contributed by atoms with E-state index in [9.17, 15) is 9.90 Å².